The molecule has 22 heavy (non-hydrogen) atoms. The van der Waals surface area contributed by atoms with Crippen LogP contribution in [-0.4, -0.2) is 61.8 Å². The lowest BCUT2D eigenvalue weighted by molar-refractivity contribution is -0.149. The molecular formula is C16H24N2O4. The van der Waals surface area contributed by atoms with Gasteiger partial charge in [0, 0.05) is 37.5 Å². The van der Waals surface area contributed by atoms with E-state index in [1.165, 1.54) is 6.42 Å². The highest BCUT2D eigenvalue weighted by Gasteiger charge is 2.46. The van der Waals surface area contributed by atoms with Crippen LogP contribution in [0.2, 0.25) is 0 Å². The second kappa shape index (κ2) is 5.81. The van der Waals surface area contributed by atoms with Gasteiger partial charge in [-0.25, -0.2) is 0 Å². The quantitative estimate of drug-likeness (QED) is 0.807. The second-order valence-corrected chi connectivity index (χ2v) is 7.12. The molecule has 0 aromatic heterocycles. The summed E-state index contributed by atoms with van der Waals surface area (Å²) in [5, 5.41) is 3.06. The molecule has 0 spiro atoms. The summed E-state index contributed by atoms with van der Waals surface area (Å²) < 4.78 is 11.2. The molecule has 1 aliphatic carbocycles. The molecule has 1 saturated carbocycles. The minimum Gasteiger partial charge on any atom is -0.381 e. The van der Waals surface area contributed by atoms with Gasteiger partial charge in [-0.15, -0.1) is 0 Å². The molecule has 6 nitrogen and oxygen atoms in total. The molecule has 0 bridgehead atoms. The molecule has 122 valence electrons. The molecule has 3 atom stereocenters. The van der Waals surface area contributed by atoms with Crippen LogP contribution in [-0.2, 0) is 19.1 Å². The summed E-state index contributed by atoms with van der Waals surface area (Å²) in [6.07, 6.45) is 3.82. The summed E-state index contributed by atoms with van der Waals surface area (Å²) in [5.74, 6) is 1.17. The standard InChI is InChI=1S/C16H24N2O4/c19-15(10-2-1-3-10)17-12-6-18(7-12)16(20)14-13-4-5-21-8-11(13)9-22-14/h10-14H,1-9H2,(H,17,19). The van der Waals surface area contributed by atoms with E-state index >= 15 is 0 Å². The highest BCUT2D eigenvalue weighted by atomic mass is 16.5. The molecule has 3 heterocycles. The molecule has 0 radical (unpaired) electrons. The molecule has 3 saturated heterocycles. The Hall–Kier alpha value is -1.14. The summed E-state index contributed by atoms with van der Waals surface area (Å²) in [6, 6.07) is 0.129. The summed E-state index contributed by atoms with van der Waals surface area (Å²) in [7, 11) is 0. The maximum Gasteiger partial charge on any atom is 0.252 e. The van der Waals surface area contributed by atoms with Crippen LogP contribution in [0, 0.1) is 17.8 Å². The summed E-state index contributed by atoms with van der Waals surface area (Å²) in [4.78, 5) is 26.3. The Labute approximate surface area is 130 Å². The van der Waals surface area contributed by atoms with Gasteiger partial charge >= 0.3 is 0 Å². The summed E-state index contributed by atoms with van der Waals surface area (Å²) in [6.45, 7) is 3.34. The predicted octanol–water partition coefficient (Wildman–Crippen LogP) is 0.165. The number of nitrogens with zero attached hydrogens (tertiary/aromatic N) is 1. The third-order valence-corrected chi connectivity index (χ3v) is 5.67. The Morgan fingerprint density at radius 3 is 2.64 bits per heavy atom. The Morgan fingerprint density at radius 1 is 1.09 bits per heavy atom. The predicted molar refractivity (Wildman–Crippen MR) is 78.0 cm³/mol. The number of amides is 2. The molecule has 3 unspecified atom stereocenters. The number of rotatable bonds is 3. The van der Waals surface area contributed by atoms with Gasteiger partial charge in [0.15, 0.2) is 0 Å². The van der Waals surface area contributed by atoms with Crippen molar-refractivity contribution in [1.82, 2.24) is 10.2 Å². The zero-order valence-electron chi connectivity index (χ0n) is 12.8. The number of carbonyl (C=O) groups is 2. The average molecular weight is 308 g/mol. The number of nitrogens with one attached hydrogen (secondary N) is 1. The topological polar surface area (TPSA) is 67.9 Å². The molecule has 3 aliphatic heterocycles. The van der Waals surface area contributed by atoms with E-state index in [1.807, 2.05) is 4.90 Å². The van der Waals surface area contributed by atoms with E-state index < -0.39 is 0 Å². The Morgan fingerprint density at radius 2 is 1.91 bits per heavy atom. The maximum absolute atomic E-state index is 12.6. The fourth-order valence-electron chi connectivity index (χ4n) is 3.91. The first kappa shape index (κ1) is 14.5. The molecule has 4 aliphatic rings. The van der Waals surface area contributed by atoms with Crippen LogP contribution in [0.15, 0.2) is 0 Å². The van der Waals surface area contributed by atoms with Crippen molar-refractivity contribution in [2.75, 3.05) is 32.9 Å². The minimum atomic E-state index is -0.294. The van der Waals surface area contributed by atoms with Gasteiger partial charge in [0.05, 0.1) is 19.3 Å². The zero-order chi connectivity index (χ0) is 15.1. The van der Waals surface area contributed by atoms with Gasteiger partial charge in [-0.3, -0.25) is 9.59 Å². The van der Waals surface area contributed by atoms with E-state index in [4.69, 9.17) is 9.47 Å². The van der Waals surface area contributed by atoms with Crippen molar-refractivity contribution in [3.8, 4) is 0 Å². The van der Waals surface area contributed by atoms with Crippen molar-refractivity contribution >= 4 is 11.8 Å². The number of hydrogen-bond acceptors (Lipinski definition) is 4. The third-order valence-electron chi connectivity index (χ3n) is 5.67. The van der Waals surface area contributed by atoms with Crippen molar-refractivity contribution < 1.29 is 19.1 Å². The first-order chi connectivity index (χ1) is 10.7. The van der Waals surface area contributed by atoms with Crippen molar-refractivity contribution in [2.24, 2.45) is 17.8 Å². The summed E-state index contributed by atoms with van der Waals surface area (Å²) in [5.41, 5.74) is 0. The van der Waals surface area contributed by atoms with E-state index in [0.717, 1.165) is 25.9 Å². The van der Waals surface area contributed by atoms with Gasteiger partial charge in [-0.2, -0.15) is 0 Å². The minimum absolute atomic E-state index is 0.101. The Kier molecular flexibility index (Phi) is 3.82. The number of hydrogen-bond donors (Lipinski definition) is 1. The van der Waals surface area contributed by atoms with E-state index in [0.29, 0.717) is 38.1 Å². The van der Waals surface area contributed by atoms with Gasteiger partial charge in [-0.05, 0) is 19.3 Å². The van der Waals surface area contributed by atoms with Crippen LogP contribution in [0.3, 0.4) is 0 Å². The van der Waals surface area contributed by atoms with Gasteiger partial charge in [0.1, 0.15) is 6.10 Å². The number of fused-ring (bicyclic) bond motifs is 1. The third kappa shape index (κ3) is 2.52. The molecule has 1 N–H and O–H groups in total. The maximum atomic E-state index is 12.6. The first-order valence-corrected chi connectivity index (χ1v) is 8.51. The monoisotopic (exact) mass is 308 g/mol. The molecular weight excluding hydrogens is 284 g/mol. The smallest absolute Gasteiger partial charge is 0.252 e. The van der Waals surface area contributed by atoms with Crippen molar-refractivity contribution in [2.45, 2.75) is 37.8 Å². The van der Waals surface area contributed by atoms with Crippen LogP contribution in [0.25, 0.3) is 0 Å². The highest BCUT2D eigenvalue weighted by molar-refractivity contribution is 5.83. The van der Waals surface area contributed by atoms with Crippen LogP contribution < -0.4 is 5.32 Å². The SMILES string of the molecule is O=C(NC1CN(C(=O)C2OCC3COCCC32)C1)C1CCC1. The van der Waals surface area contributed by atoms with Gasteiger partial charge in [0.25, 0.3) is 5.91 Å². The molecule has 0 aromatic carbocycles. The molecule has 2 amide bonds. The fourth-order valence-corrected chi connectivity index (χ4v) is 3.91. The molecule has 6 heteroatoms. The van der Waals surface area contributed by atoms with Crippen molar-refractivity contribution in [3.05, 3.63) is 0 Å². The number of likely N-dealkylation sites (tertiary alicyclic amines) is 1. The molecule has 4 rings (SSSR count). The van der Waals surface area contributed by atoms with E-state index in [2.05, 4.69) is 5.32 Å². The Bertz CT molecular complexity index is 459. The van der Waals surface area contributed by atoms with E-state index in [1.54, 1.807) is 0 Å². The highest BCUT2D eigenvalue weighted by Crippen LogP contribution is 2.35. The molecule has 4 fully saturated rings. The number of ether oxygens (including phenoxy) is 2. The first-order valence-electron chi connectivity index (χ1n) is 8.51. The summed E-state index contributed by atoms with van der Waals surface area (Å²) >= 11 is 0. The van der Waals surface area contributed by atoms with Gasteiger partial charge < -0.3 is 19.7 Å². The lowest BCUT2D eigenvalue weighted by Gasteiger charge is -2.42. The molecule has 0 aromatic rings. The lowest BCUT2D eigenvalue weighted by Crippen LogP contribution is -2.64. The van der Waals surface area contributed by atoms with Crippen LogP contribution >= 0.6 is 0 Å². The van der Waals surface area contributed by atoms with Crippen molar-refractivity contribution in [1.29, 1.82) is 0 Å². The van der Waals surface area contributed by atoms with Crippen LogP contribution in [0.1, 0.15) is 25.7 Å². The van der Waals surface area contributed by atoms with Gasteiger partial charge in [-0.1, -0.05) is 6.42 Å². The van der Waals surface area contributed by atoms with Crippen LogP contribution in [0.4, 0.5) is 0 Å². The average Bonchev–Trinajstić information content (AvgIpc) is 2.83. The van der Waals surface area contributed by atoms with Gasteiger partial charge in [0.2, 0.25) is 5.91 Å². The Balaban J connectivity index is 1.25. The zero-order valence-corrected chi connectivity index (χ0v) is 12.8. The largest absolute Gasteiger partial charge is 0.381 e. The van der Waals surface area contributed by atoms with Crippen molar-refractivity contribution in [3.63, 3.8) is 0 Å². The van der Waals surface area contributed by atoms with E-state index in [-0.39, 0.29) is 29.9 Å². The lowest BCUT2D eigenvalue weighted by atomic mass is 9.84. The second-order valence-electron chi connectivity index (χ2n) is 7.12. The normalized spacial score (nSPS) is 35.5. The fraction of sp³-hybridized carbons (Fsp3) is 0.875. The number of carbonyl (C=O) groups excluding carboxylic acids is 2. The van der Waals surface area contributed by atoms with E-state index in [9.17, 15) is 9.59 Å². The van der Waals surface area contributed by atoms with Crippen LogP contribution in [0.5, 0.6) is 0 Å².